The maximum Gasteiger partial charge on any atom is 0 e. The standard InChI is InChI=1S/C47H67P2.C9H13.Fe/c1-2-34(24-48(44-36-8-26-4-27(10-36)11-37(44)9-26)45-38-12-28-5-29(14-38)15-39(45)13-28)35(3-1)25-49(46-40-16-30-6-31(18-40)19-41(46)17-30)47-42-20-32-7-33(22-42)23-43(47)21-32;1-9(2,3)8-6-4-5-7-8;/h1-3,26-33,36-47H,4-25H2;4-7H,1-3H3;/q-5;-1;. The van der Waals surface area contributed by atoms with Gasteiger partial charge < -0.3 is 29.3 Å². The molecule has 0 spiro atoms. The van der Waals surface area contributed by atoms with Crippen LogP contribution in [0.25, 0.3) is 0 Å². The molecule has 2 aromatic carbocycles. The molecular weight excluding hydrogens is 790 g/mol. The Morgan fingerprint density at radius 1 is 0.407 bits per heavy atom. The first-order chi connectivity index (χ1) is 28.2. The van der Waals surface area contributed by atoms with Crippen LogP contribution in [0.2, 0.25) is 0 Å². The van der Waals surface area contributed by atoms with E-state index in [0.717, 1.165) is 117 Å². The van der Waals surface area contributed by atoms with E-state index in [0.29, 0.717) is 5.41 Å². The van der Waals surface area contributed by atoms with Gasteiger partial charge in [-0.15, -0.1) is 15.8 Å². The largest absolute Gasteiger partial charge is 0.747 e. The first-order valence-electron chi connectivity index (χ1n) is 26.2. The predicted octanol–water partition coefficient (Wildman–Crippen LogP) is 15.4. The van der Waals surface area contributed by atoms with Crippen molar-refractivity contribution in [1.82, 2.24) is 0 Å². The van der Waals surface area contributed by atoms with Crippen LogP contribution in [0.1, 0.15) is 166 Å². The van der Waals surface area contributed by atoms with E-state index in [1.54, 1.807) is 141 Å². The predicted molar refractivity (Wildman–Crippen MR) is 247 cm³/mol. The van der Waals surface area contributed by atoms with Crippen molar-refractivity contribution in [2.75, 3.05) is 0 Å². The minimum absolute atomic E-state index is 0. The molecular formula is C56H80FeP2-6. The summed E-state index contributed by atoms with van der Waals surface area (Å²) in [5, 5.41) is 0. The summed E-state index contributed by atoms with van der Waals surface area (Å²) >= 11 is 0. The molecule has 0 amide bonds. The van der Waals surface area contributed by atoms with Gasteiger partial charge in [0.25, 0.3) is 0 Å². The Hall–Kier alpha value is 0.0795. The van der Waals surface area contributed by atoms with E-state index in [4.69, 9.17) is 0 Å². The van der Waals surface area contributed by atoms with Crippen LogP contribution in [-0.2, 0) is 34.8 Å². The zero-order valence-corrected chi connectivity index (χ0v) is 40.3. The van der Waals surface area contributed by atoms with Gasteiger partial charge in [0.2, 0.25) is 0 Å². The summed E-state index contributed by atoms with van der Waals surface area (Å²) in [6, 6.07) is 16.6. The average Bonchev–Trinajstić information content (AvgIpc) is 3.87. The van der Waals surface area contributed by atoms with Crippen molar-refractivity contribution >= 4 is 15.8 Å². The number of hydrogen-bond acceptors (Lipinski definition) is 0. The molecule has 16 aliphatic rings. The Balaban J connectivity index is 0.000000338. The Bertz CT molecular complexity index is 1480. The fourth-order valence-corrected chi connectivity index (χ4v) is 30.0. The second kappa shape index (κ2) is 15.6. The first-order valence-corrected chi connectivity index (χ1v) is 29.5. The Kier molecular flexibility index (Phi) is 10.7. The smallest absolute Gasteiger partial charge is 0 e. The minimum Gasteiger partial charge on any atom is -0.747 e. The van der Waals surface area contributed by atoms with Crippen LogP contribution in [0.3, 0.4) is 0 Å². The Morgan fingerprint density at radius 3 is 0.847 bits per heavy atom. The molecule has 0 unspecified atom stereocenters. The average molecular weight is 871 g/mol. The number of hydrogen-bond donors (Lipinski definition) is 0. The Labute approximate surface area is 374 Å². The molecule has 0 N–H and O–H groups in total. The SMILES string of the molecule is CC(C)(C)[c-]1cccc1.[Fe].[cH-]1[cH-][c-](CP(C2C3CC4CC(C3)CC2C4)C2C3CC4CC(C3)CC2C4)[c-](CP(C2C3CC4CC(C3)CC2C4)C2C3CC4CC(C3)CC2C4)[cH-]1. The molecule has 0 nitrogen and oxygen atoms in total. The third kappa shape index (κ3) is 7.22. The molecule has 18 rings (SSSR count). The van der Waals surface area contributed by atoms with Crippen LogP contribution >= 0.6 is 15.8 Å². The molecule has 0 saturated heterocycles. The third-order valence-corrected chi connectivity index (χ3v) is 29.3. The zero-order valence-electron chi connectivity index (χ0n) is 37.4. The molecule has 0 aromatic heterocycles. The quantitative estimate of drug-likeness (QED) is 0.141. The molecule has 59 heavy (non-hydrogen) atoms. The number of rotatable bonds is 8. The van der Waals surface area contributed by atoms with Crippen LogP contribution in [0.5, 0.6) is 0 Å². The van der Waals surface area contributed by atoms with E-state index in [-0.39, 0.29) is 32.9 Å². The molecule has 16 fully saturated rings. The van der Waals surface area contributed by atoms with Gasteiger partial charge in [-0.05, 0) is 246 Å². The van der Waals surface area contributed by atoms with E-state index < -0.39 is 0 Å². The topological polar surface area (TPSA) is 0 Å². The van der Waals surface area contributed by atoms with Crippen LogP contribution < -0.4 is 0 Å². The summed E-state index contributed by atoms with van der Waals surface area (Å²) in [4.78, 5) is 0. The fourth-order valence-electron chi connectivity index (χ4n) is 20.6. The van der Waals surface area contributed by atoms with Gasteiger partial charge in [0, 0.05) is 17.1 Å². The van der Waals surface area contributed by atoms with Crippen molar-refractivity contribution in [3.8, 4) is 0 Å². The maximum atomic E-state index is 2.76. The van der Waals surface area contributed by atoms with Gasteiger partial charge in [0.05, 0.1) is 0 Å². The van der Waals surface area contributed by atoms with Gasteiger partial charge >= 0.3 is 0 Å². The third-order valence-electron chi connectivity index (χ3n) is 21.5. The monoisotopic (exact) mass is 871 g/mol. The van der Waals surface area contributed by atoms with Crippen molar-refractivity contribution in [1.29, 1.82) is 0 Å². The van der Waals surface area contributed by atoms with E-state index in [1.165, 1.54) is 5.56 Å². The van der Waals surface area contributed by atoms with Crippen LogP contribution in [0, 0.1) is 94.7 Å². The van der Waals surface area contributed by atoms with Crippen molar-refractivity contribution in [3.05, 3.63) is 59.2 Å². The van der Waals surface area contributed by atoms with Gasteiger partial charge in [-0.1, -0.05) is 26.2 Å². The molecule has 0 aliphatic heterocycles. The molecule has 16 bridgehead atoms. The summed E-state index contributed by atoms with van der Waals surface area (Å²) < 4.78 is 0. The first kappa shape index (κ1) is 40.6. The summed E-state index contributed by atoms with van der Waals surface area (Å²) in [6.07, 6.45) is 36.1. The molecule has 328 valence electrons. The molecule has 16 aliphatic carbocycles. The normalized spacial score (nSPS) is 49.8. The fraction of sp³-hybridized carbons (Fsp3) is 0.821. The second-order valence-corrected chi connectivity index (χ2v) is 31.1. The molecule has 0 radical (unpaired) electrons. The van der Waals surface area contributed by atoms with Crippen molar-refractivity contribution in [2.24, 2.45) is 94.7 Å². The summed E-state index contributed by atoms with van der Waals surface area (Å²) in [5.74, 6) is 18.2. The molecule has 16 saturated carbocycles. The van der Waals surface area contributed by atoms with Gasteiger partial charge in [0.15, 0.2) is 0 Å². The van der Waals surface area contributed by atoms with Crippen molar-refractivity contribution in [3.63, 3.8) is 0 Å². The van der Waals surface area contributed by atoms with Gasteiger partial charge in [-0.3, -0.25) is 0 Å². The zero-order chi connectivity index (χ0) is 38.4. The molecule has 2 aromatic rings. The summed E-state index contributed by atoms with van der Waals surface area (Å²) in [7, 11) is 0.213. The van der Waals surface area contributed by atoms with Gasteiger partial charge in [0.1, 0.15) is 0 Å². The van der Waals surface area contributed by atoms with Crippen LogP contribution in [0.4, 0.5) is 0 Å². The molecule has 3 heteroatoms. The van der Waals surface area contributed by atoms with E-state index in [2.05, 4.69) is 63.2 Å². The van der Waals surface area contributed by atoms with Gasteiger partial charge in [-0.2, -0.15) is 30.0 Å². The molecule has 0 atom stereocenters. The van der Waals surface area contributed by atoms with E-state index >= 15 is 0 Å². The van der Waals surface area contributed by atoms with E-state index in [1.807, 2.05) is 11.1 Å². The van der Waals surface area contributed by atoms with Crippen molar-refractivity contribution in [2.45, 2.75) is 190 Å². The van der Waals surface area contributed by atoms with Crippen LogP contribution in [-0.4, -0.2) is 22.6 Å². The van der Waals surface area contributed by atoms with E-state index in [9.17, 15) is 0 Å². The van der Waals surface area contributed by atoms with Gasteiger partial charge in [-0.25, -0.2) is 12.1 Å². The summed E-state index contributed by atoms with van der Waals surface area (Å²) in [5.41, 5.74) is 10.3. The molecule has 0 heterocycles. The summed E-state index contributed by atoms with van der Waals surface area (Å²) in [6.45, 7) is 6.67. The second-order valence-electron chi connectivity index (χ2n) is 26.0. The maximum absolute atomic E-state index is 2.76. The minimum atomic E-state index is 0. The van der Waals surface area contributed by atoms with Crippen molar-refractivity contribution < 1.29 is 17.1 Å². The van der Waals surface area contributed by atoms with Crippen LogP contribution in [0.15, 0.2) is 42.5 Å². The Morgan fingerprint density at radius 2 is 0.644 bits per heavy atom.